The van der Waals surface area contributed by atoms with Gasteiger partial charge in [0.1, 0.15) is 5.82 Å². The first-order valence-corrected chi connectivity index (χ1v) is 8.43. The number of benzene rings is 2. The molecule has 3 rings (SSSR count). The highest BCUT2D eigenvalue weighted by molar-refractivity contribution is 6.02. The van der Waals surface area contributed by atoms with Crippen LogP contribution in [0.1, 0.15) is 20.7 Å². The number of hydrogen-bond acceptors (Lipinski definition) is 6. The molecule has 0 aliphatic carbocycles. The summed E-state index contributed by atoms with van der Waals surface area (Å²) in [4.78, 5) is 37.0. The van der Waals surface area contributed by atoms with Gasteiger partial charge in [-0.05, 0) is 18.2 Å². The number of morpholine rings is 1. The van der Waals surface area contributed by atoms with E-state index in [1.807, 2.05) is 4.90 Å². The minimum absolute atomic E-state index is 0.0185. The van der Waals surface area contributed by atoms with E-state index in [4.69, 9.17) is 4.74 Å². The number of nitrogens with one attached hydrogen (secondary N) is 2. The number of halogens is 1. The number of nitrogens with zero attached hydrogens (tertiary/aromatic N) is 2. The molecule has 0 aromatic heterocycles. The van der Waals surface area contributed by atoms with Gasteiger partial charge in [0, 0.05) is 25.2 Å². The molecule has 9 nitrogen and oxygen atoms in total. The van der Waals surface area contributed by atoms with Crippen LogP contribution in [0, 0.1) is 15.9 Å². The molecular formula is C18H17FN4O5. The quantitative estimate of drug-likeness (QED) is 0.608. The van der Waals surface area contributed by atoms with Crippen LogP contribution in [0.2, 0.25) is 0 Å². The maximum absolute atomic E-state index is 13.7. The van der Waals surface area contributed by atoms with Crippen molar-refractivity contribution in [2.24, 2.45) is 0 Å². The Bertz CT molecular complexity index is 915. The lowest BCUT2D eigenvalue weighted by molar-refractivity contribution is -0.384. The summed E-state index contributed by atoms with van der Waals surface area (Å²) >= 11 is 0. The number of anilines is 1. The van der Waals surface area contributed by atoms with Crippen molar-refractivity contribution < 1.29 is 23.6 Å². The number of rotatable bonds is 4. The van der Waals surface area contributed by atoms with Gasteiger partial charge in [0.05, 0.1) is 35.0 Å². The van der Waals surface area contributed by atoms with Crippen molar-refractivity contribution in [3.63, 3.8) is 0 Å². The number of ether oxygens (including phenoxy) is 1. The fraction of sp³-hybridized carbons (Fsp3) is 0.222. The summed E-state index contributed by atoms with van der Waals surface area (Å²) in [5.74, 6) is -2.33. The van der Waals surface area contributed by atoms with Crippen molar-refractivity contribution in [1.29, 1.82) is 0 Å². The highest BCUT2D eigenvalue weighted by Crippen LogP contribution is 2.26. The van der Waals surface area contributed by atoms with Gasteiger partial charge in [0.2, 0.25) is 0 Å². The second kappa shape index (κ2) is 8.44. The number of hydrazine groups is 1. The van der Waals surface area contributed by atoms with E-state index < -0.39 is 22.6 Å². The average molecular weight is 388 g/mol. The molecule has 0 unspecified atom stereocenters. The van der Waals surface area contributed by atoms with Gasteiger partial charge >= 0.3 is 0 Å². The normalized spacial score (nSPS) is 13.7. The van der Waals surface area contributed by atoms with E-state index in [1.165, 1.54) is 30.3 Å². The molecule has 1 aliphatic heterocycles. The highest BCUT2D eigenvalue weighted by Gasteiger charge is 2.22. The molecule has 2 amide bonds. The summed E-state index contributed by atoms with van der Waals surface area (Å²) in [7, 11) is 0. The van der Waals surface area contributed by atoms with Crippen molar-refractivity contribution in [1.82, 2.24) is 10.9 Å². The topological polar surface area (TPSA) is 114 Å². The molecule has 2 aromatic rings. The van der Waals surface area contributed by atoms with Gasteiger partial charge in [0.15, 0.2) is 0 Å². The third kappa shape index (κ3) is 4.23. The summed E-state index contributed by atoms with van der Waals surface area (Å²) in [5.41, 5.74) is 4.30. The molecule has 1 heterocycles. The van der Waals surface area contributed by atoms with E-state index in [1.54, 1.807) is 0 Å². The molecule has 1 aliphatic rings. The van der Waals surface area contributed by atoms with Crippen molar-refractivity contribution in [2.45, 2.75) is 0 Å². The van der Waals surface area contributed by atoms with Crippen LogP contribution in [0.15, 0.2) is 42.5 Å². The molecule has 10 heteroatoms. The maximum Gasteiger partial charge on any atom is 0.272 e. The molecular weight excluding hydrogens is 371 g/mol. The largest absolute Gasteiger partial charge is 0.378 e. The Kier molecular flexibility index (Phi) is 5.80. The first kappa shape index (κ1) is 19.2. The van der Waals surface area contributed by atoms with E-state index in [-0.39, 0.29) is 16.8 Å². The first-order chi connectivity index (χ1) is 13.5. The molecule has 28 heavy (non-hydrogen) atoms. The van der Waals surface area contributed by atoms with Crippen LogP contribution >= 0.6 is 0 Å². The van der Waals surface area contributed by atoms with Crippen molar-refractivity contribution in [3.05, 3.63) is 69.5 Å². The maximum atomic E-state index is 13.7. The molecule has 0 spiro atoms. The zero-order valence-corrected chi connectivity index (χ0v) is 14.7. The van der Waals surface area contributed by atoms with Crippen molar-refractivity contribution in [3.8, 4) is 0 Å². The number of nitro groups is 1. The van der Waals surface area contributed by atoms with Gasteiger partial charge in [-0.1, -0.05) is 12.1 Å². The van der Waals surface area contributed by atoms with E-state index in [9.17, 15) is 24.1 Å². The summed E-state index contributed by atoms with van der Waals surface area (Å²) in [6, 6.07) is 9.22. The monoisotopic (exact) mass is 388 g/mol. The van der Waals surface area contributed by atoms with Crippen LogP contribution in [-0.4, -0.2) is 43.0 Å². The zero-order chi connectivity index (χ0) is 20.1. The van der Waals surface area contributed by atoms with Gasteiger partial charge in [-0.15, -0.1) is 0 Å². The van der Waals surface area contributed by atoms with Gasteiger partial charge in [0.25, 0.3) is 17.5 Å². The first-order valence-electron chi connectivity index (χ1n) is 8.43. The number of carbonyl (C=O) groups excluding carboxylic acids is 2. The third-order valence-corrected chi connectivity index (χ3v) is 4.20. The Balaban J connectivity index is 1.80. The number of non-ortho nitro benzene ring substituents is 1. The van der Waals surface area contributed by atoms with Crippen LogP contribution in [0.4, 0.5) is 15.8 Å². The zero-order valence-electron chi connectivity index (χ0n) is 14.7. The van der Waals surface area contributed by atoms with Crippen LogP contribution in [0.3, 0.4) is 0 Å². The van der Waals surface area contributed by atoms with E-state index in [2.05, 4.69) is 10.9 Å². The average Bonchev–Trinajstić information content (AvgIpc) is 2.72. The molecule has 0 saturated carbocycles. The number of carbonyl (C=O) groups is 2. The van der Waals surface area contributed by atoms with Gasteiger partial charge in [-0.2, -0.15) is 0 Å². The molecule has 2 aromatic carbocycles. The second-order valence-corrected chi connectivity index (χ2v) is 5.95. The van der Waals surface area contributed by atoms with Crippen LogP contribution in [-0.2, 0) is 4.74 Å². The van der Waals surface area contributed by atoms with Crippen LogP contribution in [0.25, 0.3) is 0 Å². The number of nitro benzene ring substituents is 1. The predicted molar refractivity (Wildman–Crippen MR) is 97.5 cm³/mol. The Hall–Kier alpha value is -3.53. The Morgan fingerprint density at radius 3 is 2.32 bits per heavy atom. The molecule has 1 fully saturated rings. The number of amides is 2. The molecule has 0 radical (unpaired) electrons. The summed E-state index contributed by atoms with van der Waals surface area (Å²) < 4.78 is 18.9. The van der Waals surface area contributed by atoms with Gasteiger partial charge in [-0.3, -0.25) is 30.6 Å². The Labute approximate surface area is 159 Å². The predicted octanol–water partition coefficient (Wildman–Crippen LogP) is 1.65. The van der Waals surface area contributed by atoms with Crippen LogP contribution in [0.5, 0.6) is 0 Å². The van der Waals surface area contributed by atoms with Gasteiger partial charge < -0.3 is 9.64 Å². The molecule has 1 saturated heterocycles. The van der Waals surface area contributed by atoms with E-state index in [0.29, 0.717) is 32.0 Å². The minimum atomic E-state index is -0.843. The lowest BCUT2D eigenvalue weighted by Gasteiger charge is -2.30. The van der Waals surface area contributed by atoms with Crippen molar-refractivity contribution in [2.75, 3.05) is 31.2 Å². The SMILES string of the molecule is O=C(NNC(=O)c1cc([N+](=O)[O-])ccc1N1CCOCC1)c1ccccc1F. The van der Waals surface area contributed by atoms with Crippen molar-refractivity contribution >= 4 is 23.2 Å². The van der Waals surface area contributed by atoms with Crippen LogP contribution < -0.4 is 15.8 Å². The molecule has 0 atom stereocenters. The lowest BCUT2D eigenvalue weighted by Crippen LogP contribution is -2.43. The Morgan fingerprint density at radius 1 is 1.04 bits per heavy atom. The van der Waals surface area contributed by atoms with E-state index in [0.717, 1.165) is 12.1 Å². The fourth-order valence-electron chi connectivity index (χ4n) is 2.79. The highest BCUT2D eigenvalue weighted by atomic mass is 19.1. The fourth-order valence-corrected chi connectivity index (χ4v) is 2.79. The summed E-state index contributed by atoms with van der Waals surface area (Å²) in [5, 5.41) is 11.1. The number of hydrogen-bond donors (Lipinski definition) is 2. The van der Waals surface area contributed by atoms with E-state index >= 15 is 0 Å². The molecule has 146 valence electrons. The molecule has 0 bridgehead atoms. The Morgan fingerprint density at radius 2 is 1.68 bits per heavy atom. The standard InChI is InChI=1S/C18H17FN4O5/c19-15-4-2-1-3-13(15)17(24)20-21-18(25)14-11-12(23(26)27)5-6-16(14)22-7-9-28-10-8-22/h1-6,11H,7-10H2,(H,20,24)(H,21,25). The summed E-state index contributed by atoms with van der Waals surface area (Å²) in [6.07, 6.45) is 0. The molecule has 2 N–H and O–H groups in total. The minimum Gasteiger partial charge on any atom is -0.378 e. The lowest BCUT2D eigenvalue weighted by atomic mass is 10.1. The second-order valence-electron chi connectivity index (χ2n) is 5.95. The smallest absolute Gasteiger partial charge is 0.272 e. The third-order valence-electron chi connectivity index (χ3n) is 4.20. The van der Waals surface area contributed by atoms with Gasteiger partial charge in [-0.25, -0.2) is 4.39 Å². The summed E-state index contributed by atoms with van der Waals surface area (Å²) in [6.45, 7) is 1.95.